The van der Waals surface area contributed by atoms with Crippen LogP contribution in [0.1, 0.15) is 16.7 Å². The van der Waals surface area contributed by atoms with Crippen molar-refractivity contribution in [3.8, 4) is 23.5 Å². The second-order valence-electron chi connectivity index (χ2n) is 7.26. The van der Waals surface area contributed by atoms with E-state index in [9.17, 15) is 10.5 Å². The highest BCUT2D eigenvalue weighted by Gasteiger charge is 2.18. The number of nitriles is 2. The predicted octanol–water partition coefficient (Wildman–Crippen LogP) is 6.19. The Bertz CT molecular complexity index is 1560. The van der Waals surface area contributed by atoms with Gasteiger partial charge in [-0.1, -0.05) is 40.2 Å². The number of benzene rings is 4. The first-order valence-electron chi connectivity index (χ1n) is 9.60. The minimum absolute atomic E-state index is 0.414. The van der Waals surface area contributed by atoms with E-state index in [2.05, 4.69) is 51.3 Å². The summed E-state index contributed by atoms with van der Waals surface area (Å²) in [5.41, 5.74) is 4.12. The lowest BCUT2D eigenvalue weighted by Gasteiger charge is -2.09. The zero-order valence-corrected chi connectivity index (χ0v) is 18.1. The molecule has 0 bridgehead atoms. The molecule has 5 aromatic rings. The van der Waals surface area contributed by atoms with Crippen LogP contribution in [0.2, 0.25) is 0 Å². The van der Waals surface area contributed by atoms with E-state index in [1.54, 1.807) is 25.3 Å². The Balaban J connectivity index is 1.93. The van der Waals surface area contributed by atoms with Crippen molar-refractivity contribution in [1.29, 1.82) is 10.5 Å². The van der Waals surface area contributed by atoms with Gasteiger partial charge in [-0.15, -0.1) is 0 Å². The van der Waals surface area contributed by atoms with Crippen LogP contribution < -0.4 is 0 Å². The van der Waals surface area contributed by atoms with Gasteiger partial charge in [0.05, 0.1) is 46.5 Å². The number of imidazole rings is 1. The molecule has 0 aliphatic rings. The van der Waals surface area contributed by atoms with E-state index in [4.69, 9.17) is 9.72 Å². The lowest BCUT2D eigenvalue weighted by atomic mass is 9.98. The van der Waals surface area contributed by atoms with Crippen LogP contribution in [0, 0.1) is 22.7 Å². The summed E-state index contributed by atoms with van der Waals surface area (Å²) in [5, 5.41) is 23.4. The van der Waals surface area contributed by atoms with E-state index in [1.165, 1.54) is 0 Å². The van der Waals surface area contributed by atoms with E-state index in [0.717, 1.165) is 42.6 Å². The van der Waals surface area contributed by atoms with Gasteiger partial charge in [-0.05, 0) is 46.7 Å². The van der Waals surface area contributed by atoms with Crippen LogP contribution in [0.5, 0.6) is 0 Å². The highest BCUT2D eigenvalue weighted by molar-refractivity contribution is 9.10. The lowest BCUT2D eigenvalue weighted by molar-refractivity contribution is 0.185. The Morgan fingerprint density at radius 3 is 2.35 bits per heavy atom. The molecule has 0 aliphatic carbocycles. The largest absolute Gasteiger partial charge is 0.380 e. The first-order valence-corrected chi connectivity index (χ1v) is 10.4. The van der Waals surface area contributed by atoms with Crippen molar-refractivity contribution in [2.24, 2.45) is 0 Å². The van der Waals surface area contributed by atoms with Gasteiger partial charge in [-0.25, -0.2) is 4.98 Å². The Kier molecular flexibility index (Phi) is 4.67. The number of halogens is 1. The number of nitrogens with one attached hydrogen (secondary N) is 1. The van der Waals surface area contributed by atoms with E-state index >= 15 is 0 Å². The maximum Gasteiger partial charge on any atom is 0.141 e. The number of H-pyrrole nitrogens is 1. The fourth-order valence-electron chi connectivity index (χ4n) is 4.11. The highest BCUT2D eigenvalue weighted by atomic mass is 79.9. The summed E-state index contributed by atoms with van der Waals surface area (Å²) in [6.45, 7) is 0.527. The maximum absolute atomic E-state index is 9.61. The average Bonchev–Trinajstić information content (AvgIpc) is 3.23. The minimum atomic E-state index is 0.414. The summed E-state index contributed by atoms with van der Waals surface area (Å²) in [6, 6.07) is 21.8. The Morgan fingerprint density at radius 2 is 1.65 bits per heavy atom. The van der Waals surface area contributed by atoms with Gasteiger partial charge in [0.15, 0.2) is 0 Å². The number of fused-ring (bicyclic) bond motifs is 6. The molecule has 0 saturated heterocycles. The van der Waals surface area contributed by atoms with Gasteiger partial charge in [0.1, 0.15) is 5.82 Å². The highest BCUT2D eigenvalue weighted by Crippen LogP contribution is 2.38. The van der Waals surface area contributed by atoms with Crippen LogP contribution in [-0.2, 0) is 11.3 Å². The molecule has 5 rings (SSSR count). The summed E-state index contributed by atoms with van der Waals surface area (Å²) in [5.74, 6) is 0.515. The number of methoxy groups -OCH3 is 1. The first kappa shape index (κ1) is 19.3. The molecule has 0 radical (unpaired) electrons. The number of rotatable bonds is 3. The monoisotopic (exact) mass is 466 g/mol. The third kappa shape index (κ3) is 3.05. The summed E-state index contributed by atoms with van der Waals surface area (Å²) in [7, 11) is 1.68. The van der Waals surface area contributed by atoms with Crippen LogP contribution in [0.15, 0.2) is 59.1 Å². The molecule has 1 heterocycles. The van der Waals surface area contributed by atoms with Gasteiger partial charge in [-0.3, -0.25) is 0 Å². The Hall–Kier alpha value is -3.71. The smallest absolute Gasteiger partial charge is 0.141 e. The molecule has 0 amide bonds. The van der Waals surface area contributed by atoms with Crippen molar-refractivity contribution in [3.05, 3.63) is 75.8 Å². The molecule has 0 spiro atoms. The molecule has 0 saturated carbocycles. The molecule has 1 N–H and O–H groups in total. The topological polar surface area (TPSA) is 85.5 Å². The zero-order chi connectivity index (χ0) is 21.5. The second kappa shape index (κ2) is 7.52. The normalized spacial score (nSPS) is 11.1. The van der Waals surface area contributed by atoms with E-state index < -0.39 is 0 Å². The van der Waals surface area contributed by atoms with Gasteiger partial charge < -0.3 is 9.72 Å². The molecule has 0 unspecified atom stereocenters. The molecule has 31 heavy (non-hydrogen) atoms. The third-order valence-electron chi connectivity index (χ3n) is 5.44. The van der Waals surface area contributed by atoms with Crippen LogP contribution in [0.3, 0.4) is 0 Å². The van der Waals surface area contributed by atoms with Gasteiger partial charge >= 0.3 is 0 Å². The summed E-state index contributed by atoms with van der Waals surface area (Å²) in [4.78, 5) is 8.28. The second-order valence-corrected chi connectivity index (χ2v) is 8.18. The van der Waals surface area contributed by atoms with Crippen LogP contribution >= 0.6 is 15.9 Å². The maximum atomic E-state index is 9.61. The molecule has 6 heteroatoms. The number of ether oxygens (including phenoxy) is 1. The van der Waals surface area contributed by atoms with E-state index in [1.807, 2.05) is 18.2 Å². The first-order chi connectivity index (χ1) is 15.1. The number of aromatic nitrogens is 2. The molecule has 4 aromatic carbocycles. The van der Waals surface area contributed by atoms with Gasteiger partial charge in [0.2, 0.25) is 0 Å². The molecular formula is C25H15BrN4O. The van der Waals surface area contributed by atoms with Crippen LogP contribution in [-0.4, -0.2) is 17.1 Å². The zero-order valence-electron chi connectivity index (χ0n) is 16.5. The number of hydrogen-bond donors (Lipinski definition) is 1. The Labute approximate surface area is 186 Å². The molecule has 0 fully saturated rings. The standard InChI is InChI=1S/C25H15BrN4O/c1-31-13-14-5-7-18-20(9-14)21-10-17(26)6-8-19(21)24-23(18)29-25(30-24)22-15(11-27)3-2-4-16(22)12-28/h2-10H,13H2,1H3,(H,29,30). The average molecular weight is 467 g/mol. The molecule has 5 nitrogen and oxygen atoms in total. The fraction of sp³-hybridized carbons (Fsp3) is 0.0800. The molecule has 1 aromatic heterocycles. The predicted molar refractivity (Wildman–Crippen MR) is 124 cm³/mol. The summed E-state index contributed by atoms with van der Waals surface area (Å²) >= 11 is 3.59. The summed E-state index contributed by atoms with van der Waals surface area (Å²) in [6.07, 6.45) is 0. The van der Waals surface area contributed by atoms with Gasteiger partial charge in [-0.2, -0.15) is 10.5 Å². The SMILES string of the molecule is COCc1ccc2c(c1)c1cc(Br)ccc1c1nc(-c3c(C#N)cccc3C#N)[nH]c21. The molecule has 0 atom stereocenters. The molecular weight excluding hydrogens is 452 g/mol. The molecule has 148 valence electrons. The van der Waals surface area contributed by atoms with Crippen molar-refractivity contribution in [2.45, 2.75) is 6.61 Å². The number of hydrogen-bond acceptors (Lipinski definition) is 4. The van der Waals surface area contributed by atoms with Crippen molar-refractivity contribution < 1.29 is 4.74 Å². The van der Waals surface area contributed by atoms with Crippen LogP contribution in [0.4, 0.5) is 0 Å². The van der Waals surface area contributed by atoms with E-state index in [-0.39, 0.29) is 0 Å². The van der Waals surface area contributed by atoms with Crippen molar-refractivity contribution in [1.82, 2.24) is 9.97 Å². The van der Waals surface area contributed by atoms with E-state index in [0.29, 0.717) is 29.1 Å². The molecule has 0 aliphatic heterocycles. The summed E-state index contributed by atoms with van der Waals surface area (Å²) < 4.78 is 6.30. The van der Waals surface area contributed by atoms with Gasteiger partial charge in [0.25, 0.3) is 0 Å². The van der Waals surface area contributed by atoms with Crippen molar-refractivity contribution in [2.75, 3.05) is 7.11 Å². The van der Waals surface area contributed by atoms with Crippen LogP contribution in [0.25, 0.3) is 44.0 Å². The van der Waals surface area contributed by atoms with Gasteiger partial charge in [0, 0.05) is 22.4 Å². The lowest BCUT2D eigenvalue weighted by Crippen LogP contribution is -1.91. The quantitative estimate of drug-likeness (QED) is 0.321. The van der Waals surface area contributed by atoms with Crippen molar-refractivity contribution in [3.63, 3.8) is 0 Å². The minimum Gasteiger partial charge on any atom is -0.380 e. The third-order valence-corrected chi connectivity index (χ3v) is 5.93. The van der Waals surface area contributed by atoms with Crippen molar-refractivity contribution >= 4 is 48.5 Å². The Morgan fingerprint density at radius 1 is 0.935 bits per heavy atom. The fourth-order valence-corrected chi connectivity index (χ4v) is 4.47. The number of nitrogens with zero attached hydrogens (tertiary/aromatic N) is 3. The number of aromatic amines is 1.